The standard InChI is InChI=1S/C15H11BrCl2FNO/c1-8-4-13(19)10(16)7-14(8)20-15(21)6-9-2-3-11(17)12(18)5-9/h2-5,7H,6H2,1H3,(H,20,21). The van der Waals surface area contributed by atoms with E-state index in [2.05, 4.69) is 21.2 Å². The lowest BCUT2D eigenvalue weighted by molar-refractivity contribution is -0.115. The van der Waals surface area contributed by atoms with E-state index in [9.17, 15) is 9.18 Å². The van der Waals surface area contributed by atoms with Gasteiger partial charge in [0.1, 0.15) is 5.82 Å². The zero-order valence-corrected chi connectivity index (χ0v) is 14.1. The van der Waals surface area contributed by atoms with Gasteiger partial charge in [0, 0.05) is 5.69 Å². The Morgan fingerprint density at radius 1 is 1.24 bits per heavy atom. The fourth-order valence-corrected chi connectivity index (χ4v) is 2.47. The van der Waals surface area contributed by atoms with Gasteiger partial charge in [-0.3, -0.25) is 4.79 Å². The molecular formula is C15H11BrCl2FNO. The minimum atomic E-state index is -0.366. The fourth-order valence-electron chi connectivity index (χ4n) is 1.81. The van der Waals surface area contributed by atoms with Crippen LogP contribution in [0.15, 0.2) is 34.8 Å². The maximum Gasteiger partial charge on any atom is 0.228 e. The Hall–Kier alpha value is -1.10. The second-order valence-corrected chi connectivity index (χ2v) is 6.22. The van der Waals surface area contributed by atoms with Crippen LogP contribution in [0, 0.1) is 12.7 Å². The number of aryl methyl sites for hydroxylation is 1. The molecule has 2 rings (SSSR count). The molecule has 0 aliphatic carbocycles. The van der Waals surface area contributed by atoms with Crippen molar-refractivity contribution in [2.24, 2.45) is 0 Å². The summed E-state index contributed by atoms with van der Waals surface area (Å²) in [6.45, 7) is 1.73. The van der Waals surface area contributed by atoms with E-state index in [4.69, 9.17) is 23.2 Å². The number of anilines is 1. The fraction of sp³-hybridized carbons (Fsp3) is 0.133. The van der Waals surface area contributed by atoms with Gasteiger partial charge in [0.25, 0.3) is 0 Å². The lowest BCUT2D eigenvalue weighted by Gasteiger charge is -2.10. The number of carbonyl (C=O) groups is 1. The largest absolute Gasteiger partial charge is 0.326 e. The molecule has 2 aromatic carbocycles. The van der Waals surface area contributed by atoms with Crippen LogP contribution in [-0.2, 0) is 11.2 Å². The first-order chi connectivity index (χ1) is 9.86. The summed E-state index contributed by atoms with van der Waals surface area (Å²) in [6.07, 6.45) is 0.158. The number of halogens is 4. The third-order valence-electron chi connectivity index (χ3n) is 2.89. The van der Waals surface area contributed by atoms with Crippen molar-refractivity contribution in [3.05, 3.63) is 61.8 Å². The smallest absolute Gasteiger partial charge is 0.228 e. The molecule has 1 amide bonds. The number of hydrogen-bond acceptors (Lipinski definition) is 1. The molecule has 0 saturated carbocycles. The molecule has 0 atom stereocenters. The van der Waals surface area contributed by atoms with Crippen LogP contribution in [0.3, 0.4) is 0 Å². The quantitative estimate of drug-likeness (QED) is 0.748. The predicted octanol–water partition coefficient (Wildman–Crippen LogP) is 5.38. The maximum absolute atomic E-state index is 13.3. The van der Waals surface area contributed by atoms with Gasteiger partial charge in [-0.05, 0) is 58.2 Å². The van der Waals surface area contributed by atoms with Crippen molar-refractivity contribution in [3.63, 3.8) is 0 Å². The Bertz CT molecular complexity index is 706. The highest BCUT2D eigenvalue weighted by molar-refractivity contribution is 9.10. The molecule has 0 aliphatic rings. The molecule has 2 nitrogen and oxygen atoms in total. The lowest BCUT2D eigenvalue weighted by atomic mass is 10.1. The number of hydrogen-bond donors (Lipinski definition) is 1. The van der Waals surface area contributed by atoms with Crippen molar-refractivity contribution < 1.29 is 9.18 Å². The highest BCUT2D eigenvalue weighted by atomic mass is 79.9. The van der Waals surface area contributed by atoms with E-state index in [0.29, 0.717) is 25.8 Å². The summed E-state index contributed by atoms with van der Waals surface area (Å²) >= 11 is 14.8. The molecule has 1 N–H and O–H groups in total. The van der Waals surface area contributed by atoms with Gasteiger partial charge in [0.2, 0.25) is 5.91 Å². The minimum absolute atomic E-state index is 0.158. The summed E-state index contributed by atoms with van der Waals surface area (Å²) in [4.78, 5) is 12.0. The average molecular weight is 391 g/mol. The molecule has 0 fully saturated rings. The normalized spacial score (nSPS) is 10.5. The van der Waals surface area contributed by atoms with Crippen molar-refractivity contribution in [1.29, 1.82) is 0 Å². The van der Waals surface area contributed by atoms with E-state index in [0.717, 1.165) is 5.56 Å². The van der Waals surface area contributed by atoms with Crippen LogP contribution in [0.2, 0.25) is 10.0 Å². The zero-order chi connectivity index (χ0) is 15.6. The van der Waals surface area contributed by atoms with Crippen LogP contribution in [0.1, 0.15) is 11.1 Å². The molecule has 0 unspecified atom stereocenters. The molecule has 0 aliphatic heterocycles. The van der Waals surface area contributed by atoms with Gasteiger partial charge in [-0.1, -0.05) is 29.3 Å². The molecular weight excluding hydrogens is 380 g/mol. The summed E-state index contributed by atoms with van der Waals surface area (Å²) < 4.78 is 13.6. The second-order valence-electron chi connectivity index (χ2n) is 4.55. The van der Waals surface area contributed by atoms with Gasteiger partial charge < -0.3 is 5.32 Å². The Morgan fingerprint density at radius 3 is 2.62 bits per heavy atom. The number of nitrogens with one attached hydrogen (secondary N) is 1. The van der Waals surface area contributed by atoms with Gasteiger partial charge >= 0.3 is 0 Å². The van der Waals surface area contributed by atoms with E-state index < -0.39 is 0 Å². The molecule has 110 valence electrons. The molecule has 0 radical (unpaired) electrons. The first-order valence-corrected chi connectivity index (χ1v) is 7.61. The molecule has 21 heavy (non-hydrogen) atoms. The molecule has 2 aromatic rings. The third-order valence-corrected chi connectivity index (χ3v) is 4.24. The number of benzene rings is 2. The van der Waals surface area contributed by atoms with Crippen LogP contribution in [-0.4, -0.2) is 5.91 Å². The first-order valence-electron chi connectivity index (χ1n) is 6.06. The molecule has 0 bridgehead atoms. The summed E-state index contributed by atoms with van der Waals surface area (Å²) in [5.41, 5.74) is 1.97. The van der Waals surface area contributed by atoms with Crippen molar-refractivity contribution in [1.82, 2.24) is 0 Å². The van der Waals surface area contributed by atoms with Gasteiger partial charge in [-0.15, -0.1) is 0 Å². The Morgan fingerprint density at radius 2 is 1.95 bits per heavy atom. The van der Waals surface area contributed by atoms with Gasteiger partial charge in [0.05, 0.1) is 20.9 Å². The Kier molecular flexibility index (Phi) is 5.25. The number of amides is 1. The summed E-state index contributed by atoms with van der Waals surface area (Å²) in [5, 5.41) is 3.60. The third kappa shape index (κ3) is 4.19. The molecule has 0 aromatic heterocycles. The average Bonchev–Trinajstić information content (AvgIpc) is 2.40. The zero-order valence-electron chi connectivity index (χ0n) is 11.0. The predicted molar refractivity (Wildman–Crippen MR) is 87.6 cm³/mol. The molecule has 0 saturated heterocycles. The molecule has 6 heteroatoms. The first kappa shape index (κ1) is 16.3. The molecule has 0 spiro atoms. The Labute approximate surface area is 140 Å². The van der Waals surface area contributed by atoms with Crippen LogP contribution in [0.4, 0.5) is 10.1 Å². The van der Waals surface area contributed by atoms with Crippen LogP contribution in [0.25, 0.3) is 0 Å². The highest BCUT2D eigenvalue weighted by Gasteiger charge is 2.10. The van der Waals surface area contributed by atoms with Crippen molar-refractivity contribution in [2.45, 2.75) is 13.3 Å². The van der Waals surface area contributed by atoms with Crippen LogP contribution in [0.5, 0.6) is 0 Å². The van der Waals surface area contributed by atoms with Crippen LogP contribution < -0.4 is 5.32 Å². The monoisotopic (exact) mass is 389 g/mol. The maximum atomic E-state index is 13.3. The summed E-state index contributed by atoms with van der Waals surface area (Å²) in [7, 11) is 0. The van der Waals surface area contributed by atoms with Crippen molar-refractivity contribution in [3.8, 4) is 0 Å². The van der Waals surface area contributed by atoms with Crippen LogP contribution >= 0.6 is 39.1 Å². The summed E-state index contributed by atoms with van der Waals surface area (Å²) in [6, 6.07) is 7.93. The van der Waals surface area contributed by atoms with Gasteiger partial charge in [-0.25, -0.2) is 4.39 Å². The van der Waals surface area contributed by atoms with E-state index in [1.165, 1.54) is 12.1 Å². The van der Waals surface area contributed by atoms with Crippen molar-refractivity contribution in [2.75, 3.05) is 5.32 Å². The van der Waals surface area contributed by atoms with Crippen molar-refractivity contribution >= 4 is 50.7 Å². The lowest BCUT2D eigenvalue weighted by Crippen LogP contribution is -2.15. The number of carbonyl (C=O) groups excluding carboxylic acids is 1. The van der Waals surface area contributed by atoms with Gasteiger partial charge in [-0.2, -0.15) is 0 Å². The van der Waals surface area contributed by atoms with E-state index >= 15 is 0 Å². The Balaban J connectivity index is 2.11. The minimum Gasteiger partial charge on any atom is -0.326 e. The topological polar surface area (TPSA) is 29.1 Å². The van der Waals surface area contributed by atoms with E-state index in [1.54, 1.807) is 25.1 Å². The van der Waals surface area contributed by atoms with Gasteiger partial charge in [0.15, 0.2) is 0 Å². The number of rotatable bonds is 3. The molecule has 0 heterocycles. The summed E-state index contributed by atoms with van der Waals surface area (Å²) in [5.74, 6) is -0.579. The SMILES string of the molecule is Cc1cc(F)c(Br)cc1NC(=O)Cc1ccc(Cl)c(Cl)c1. The second kappa shape index (κ2) is 6.77. The van der Waals surface area contributed by atoms with E-state index in [-0.39, 0.29) is 18.1 Å². The highest BCUT2D eigenvalue weighted by Crippen LogP contribution is 2.25. The van der Waals surface area contributed by atoms with E-state index in [1.807, 2.05) is 0 Å².